The summed E-state index contributed by atoms with van der Waals surface area (Å²) in [5, 5.41) is 3.36. The molecule has 0 unspecified atom stereocenters. The van der Waals surface area contributed by atoms with Gasteiger partial charge in [-0.05, 0) is 24.6 Å². The molecule has 0 aromatic heterocycles. The van der Waals surface area contributed by atoms with E-state index in [1.54, 1.807) is 6.07 Å². The van der Waals surface area contributed by atoms with E-state index in [0.717, 1.165) is 50.5 Å². The van der Waals surface area contributed by atoms with Gasteiger partial charge in [-0.3, -0.25) is 4.90 Å². The summed E-state index contributed by atoms with van der Waals surface area (Å²) >= 11 is 0. The quantitative estimate of drug-likeness (QED) is 0.850. The Labute approximate surface area is 108 Å². The summed E-state index contributed by atoms with van der Waals surface area (Å²) in [5.74, 6) is -0.0891. The highest BCUT2D eigenvalue weighted by Gasteiger charge is 2.33. The van der Waals surface area contributed by atoms with Gasteiger partial charge in [-0.25, -0.2) is 4.39 Å². The number of hydrogen-bond acceptors (Lipinski definition) is 3. The van der Waals surface area contributed by atoms with Gasteiger partial charge in [0, 0.05) is 45.3 Å². The average molecular weight is 249 g/mol. The first-order valence-electron chi connectivity index (χ1n) is 6.70. The van der Waals surface area contributed by atoms with Crippen molar-refractivity contribution in [1.82, 2.24) is 10.2 Å². The molecule has 0 aliphatic carbocycles. The SMILES string of the molecule is Cc1ccc(N2CC(N3CCNCC3)C2)c(F)c1. The van der Waals surface area contributed by atoms with E-state index in [1.807, 2.05) is 19.1 Å². The van der Waals surface area contributed by atoms with Crippen molar-refractivity contribution in [2.75, 3.05) is 44.2 Å². The van der Waals surface area contributed by atoms with Crippen molar-refractivity contribution in [3.63, 3.8) is 0 Å². The maximum absolute atomic E-state index is 13.8. The number of benzene rings is 1. The molecule has 3 nitrogen and oxygen atoms in total. The van der Waals surface area contributed by atoms with Crippen molar-refractivity contribution in [3.8, 4) is 0 Å². The lowest BCUT2D eigenvalue weighted by Gasteiger charge is -2.48. The van der Waals surface area contributed by atoms with E-state index in [0.29, 0.717) is 6.04 Å². The fourth-order valence-corrected chi connectivity index (χ4v) is 2.80. The predicted molar refractivity (Wildman–Crippen MR) is 71.6 cm³/mol. The lowest BCUT2D eigenvalue weighted by Crippen LogP contribution is -2.63. The van der Waals surface area contributed by atoms with Crippen LogP contribution >= 0.6 is 0 Å². The van der Waals surface area contributed by atoms with E-state index in [-0.39, 0.29) is 5.82 Å². The number of piperazine rings is 1. The van der Waals surface area contributed by atoms with Crippen LogP contribution in [0, 0.1) is 12.7 Å². The van der Waals surface area contributed by atoms with Gasteiger partial charge in [0.1, 0.15) is 5.82 Å². The number of halogens is 1. The molecule has 0 radical (unpaired) electrons. The smallest absolute Gasteiger partial charge is 0.146 e. The molecule has 0 amide bonds. The summed E-state index contributed by atoms with van der Waals surface area (Å²) in [6.45, 7) is 8.24. The zero-order chi connectivity index (χ0) is 12.5. The Morgan fingerprint density at radius 3 is 2.61 bits per heavy atom. The van der Waals surface area contributed by atoms with E-state index in [2.05, 4.69) is 15.1 Å². The monoisotopic (exact) mass is 249 g/mol. The first-order chi connectivity index (χ1) is 8.74. The summed E-state index contributed by atoms with van der Waals surface area (Å²) < 4.78 is 13.8. The van der Waals surface area contributed by atoms with Crippen LogP contribution in [-0.4, -0.2) is 50.2 Å². The molecule has 2 heterocycles. The molecule has 1 N–H and O–H groups in total. The lowest BCUT2D eigenvalue weighted by atomic mass is 10.0. The first-order valence-corrected chi connectivity index (χ1v) is 6.70. The molecule has 0 bridgehead atoms. The van der Waals surface area contributed by atoms with Gasteiger partial charge in [0.2, 0.25) is 0 Å². The maximum Gasteiger partial charge on any atom is 0.146 e. The van der Waals surface area contributed by atoms with Crippen LogP contribution < -0.4 is 10.2 Å². The second kappa shape index (κ2) is 4.86. The number of aryl methyl sites for hydroxylation is 1. The summed E-state index contributed by atoms with van der Waals surface area (Å²) in [5.41, 5.74) is 1.74. The Bertz CT molecular complexity index is 423. The molecule has 0 spiro atoms. The van der Waals surface area contributed by atoms with E-state index < -0.39 is 0 Å². The molecule has 0 saturated carbocycles. The van der Waals surface area contributed by atoms with Crippen LogP contribution in [0.2, 0.25) is 0 Å². The normalized spacial score (nSPS) is 22.0. The highest BCUT2D eigenvalue weighted by Crippen LogP contribution is 2.27. The van der Waals surface area contributed by atoms with Crippen molar-refractivity contribution >= 4 is 5.69 Å². The number of nitrogens with zero attached hydrogens (tertiary/aromatic N) is 2. The van der Waals surface area contributed by atoms with Crippen molar-refractivity contribution < 1.29 is 4.39 Å². The fourth-order valence-electron chi connectivity index (χ4n) is 2.80. The van der Waals surface area contributed by atoms with E-state index >= 15 is 0 Å². The van der Waals surface area contributed by atoms with Gasteiger partial charge in [-0.1, -0.05) is 6.07 Å². The second-order valence-electron chi connectivity index (χ2n) is 5.30. The molecule has 3 rings (SSSR count). The minimum Gasteiger partial charge on any atom is -0.366 e. The number of nitrogens with one attached hydrogen (secondary N) is 1. The molecule has 0 atom stereocenters. The Hall–Kier alpha value is -1.13. The van der Waals surface area contributed by atoms with Crippen LogP contribution in [0.15, 0.2) is 18.2 Å². The molecular weight excluding hydrogens is 229 g/mol. The van der Waals surface area contributed by atoms with E-state index in [4.69, 9.17) is 0 Å². The third kappa shape index (κ3) is 2.22. The Morgan fingerprint density at radius 2 is 1.94 bits per heavy atom. The first kappa shape index (κ1) is 11.9. The molecule has 2 fully saturated rings. The summed E-state index contributed by atoms with van der Waals surface area (Å²) in [7, 11) is 0. The summed E-state index contributed by atoms with van der Waals surface area (Å²) in [4.78, 5) is 4.65. The largest absolute Gasteiger partial charge is 0.366 e. The zero-order valence-electron chi connectivity index (χ0n) is 10.8. The average Bonchev–Trinajstić information content (AvgIpc) is 2.31. The number of hydrogen-bond donors (Lipinski definition) is 1. The molecule has 1 aromatic carbocycles. The Balaban J connectivity index is 1.61. The molecule has 1 aromatic rings. The third-order valence-electron chi connectivity index (χ3n) is 3.97. The number of anilines is 1. The van der Waals surface area contributed by atoms with Crippen LogP contribution in [-0.2, 0) is 0 Å². The minimum absolute atomic E-state index is 0.0891. The maximum atomic E-state index is 13.8. The molecule has 98 valence electrons. The zero-order valence-corrected chi connectivity index (χ0v) is 10.8. The van der Waals surface area contributed by atoms with Gasteiger partial charge in [-0.2, -0.15) is 0 Å². The van der Waals surface area contributed by atoms with Crippen LogP contribution in [0.3, 0.4) is 0 Å². The molecule has 4 heteroatoms. The predicted octanol–water partition coefficient (Wildman–Crippen LogP) is 1.23. The van der Waals surface area contributed by atoms with Crippen molar-refractivity contribution in [1.29, 1.82) is 0 Å². The lowest BCUT2D eigenvalue weighted by molar-refractivity contribution is 0.147. The summed E-state index contributed by atoms with van der Waals surface area (Å²) in [6.07, 6.45) is 0. The van der Waals surface area contributed by atoms with Gasteiger partial charge < -0.3 is 10.2 Å². The Kier molecular flexibility index (Phi) is 3.22. The van der Waals surface area contributed by atoms with Crippen LogP contribution in [0.25, 0.3) is 0 Å². The van der Waals surface area contributed by atoms with E-state index in [1.165, 1.54) is 0 Å². The summed E-state index contributed by atoms with van der Waals surface area (Å²) in [6, 6.07) is 6.11. The molecule has 18 heavy (non-hydrogen) atoms. The molecular formula is C14H20FN3. The molecule has 2 aliphatic heterocycles. The van der Waals surface area contributed by atoms with Gasteiger partial charge in [0.15, 0.2) is 0 Å². The standard InChI is InChI=1S/C14H20FN3/c1-11-2-3-14(13(15)8-11)18-9-12(10-18)17-6-4-16-5-7-17/h2-3,8,12,16H,4-7,9-10H2,1H3. The van der Waals surface area contributed by atoms with Crippen LogP contribution in [0.4, 0.5) is 10.1 Å². The Morgan fingerprint density at radius 1 is 1.22 bits per heavy atom. The molecule has 2 saturated heterocycles. The second-order valence-corrected chi connectivity index (χ2v) is 5.30. The topological polar surface area (TPSA) is 18.5 Å². The van der Waals surface area contributed by atoms with Gasteiger partial charge in [-0.15, -0.1) is 0 Å². The molecule has 2 aliphatic rings. The fraction of sp³-hybridized carbons (Fsp3) is 0.571. The van der Waals surface area contributed by atoms with E-state index in [9.17, 15) is 4.39 Å². The van der Waals surface area contributed by atoms with Gasteiger partial charge in [0.25, 0.3) is 0 Å². The van der Waals surface area contributed by atoms with Gasteiger partial charge >= 0.3 is 0 Å². The van der Waals surface area contributed by atoms with Crippen molar-refractivity contribution in [2.24, 2.45) is 0 Å². The van der Waals surface area contributed by atoms with Crippen LogP contribution in [0.5, 0.6) is 0 Å². The highest BCUT2D eigenvalue weighted by molar-refractivity contribution is 5.51. The third-order valence-corrected chi connectivity index (χ3v) is 3.97. The number of rotatable bonds is 2. The van der Waals surface area contributed by atoms with Crippen molar-refractivity contribution in [3.05, 3.63) is 29.6 Å². The minimum atomic E-state index is -0.0891. The highest BCUT2D eigenvalue weighted by atomic mass is 19.1. The van der Waals surface area contributed by atoms with Crippen LogP contribution in [0.1, 0.15) is 5.56 Å². The van der Waals surface area contributed by atoms with Crippen molar-refractivity contribution in [2.45, 2.75) is 13.0 Å². The van der Waals surface area contributed by atoms with Gasteiger partial charge in [0.05, 0.1) is 5.69 Å².